The van der Waals surface area contributed by atoms with Gasteiger partial charge in [-0.15, -0.1) is 0 Å². The van der Waals surface area contributed by atoms with Gasteiger partial charge in [-0.3, -0.25) is 14.8 Å². The fourth-order valence-electron chi connectivity index (χ4n) is 4.37. The van der Waals surface area contributed by atoms with Gasteiger partial charge in [0.25, 0.3) is 5.91 Å². The molecular formula is C26H27N5O4S. The van der Waals surface area contributed by atoms with Crippen LogP contribution in [-0.2, 0) is 16.4 Å². The predicted octanol–water partition coefficient (Wildman–Crippen LogP) is 3.49. The summed E-state index contributed by atoms with van der Waals surface area (Å²) in [6.07, 6.45) is 8.79. The summed E-state index contributed by atoms with van der Waals surface area (Å²) in [5.74, 6) is 2.10. The van der Waals surface area contributed by atoms with E-state index in [9.17, 15) is 13.2 Å². The van der Waals surface area contributed by atoms with Crippen LogP contribution in [0.4, 0.5) is 11.5 Å². The Morgan fingerprint density at radius 1 is 1.06 bits per heavy atom. The van der Waals surface area contributed by atoms with Gasteiger partial charge < -0.3 is 15.0 Å². The minimum absolute atomic E-state index is 0.140. The summed E-state index contributed by atoms with van der Waals surface area (Å²) in [4.78, 5) is 28.8. The molecule has 0 saturated heterocycles. The van der Waals surface area contributed by atoms with E-state index in [2.05, 4.69) is 32.3 Å². The smallest absolute Gasteiger partial charge is 0.253 e. The van der Waals surface area contributed by atoms with Crippen LogP contribution in [0.25, 0.3) is 0 Å². The van der Waals surface area contributed by atoms with E-state index in [0.717, 1.165) is 11.9 Å². The van der Waals surface area contributed by atoms with E-state index < -0.39 is 9.84 Å². The highest BCUT2D eigenvalue weighted by atomic mass is 32.2. The van der Waals surface area contributed by atoms with Gasteiger partial charge in [-0.25, -0.2) is 13.4 Å². The van der Waals surface area contributed by atoms with Crippen LogP contribution in [-0.4, -0.2) is 48.7 Å². The number of nitrogens with one attached hydrogen (secondary N) is 1. The third kappa shape index (κ3) is 4.77. The molecule has 36 heavy (non-hydrogen) atoms. The molecule has 6 rings (SSSR count). The molecule has 0 bridgehead atoms. The molecule has 0 aromatic carbocycles. The number of fused-ring (bicyclic) bond motifs is 1. The minimum atomic E-state index is -3.31. The number of ether oxygens (including phenoxy) is 1. The Morgan fingerprint density at radius 3 is 2.39 bits per heavy atom. The zero-order chi connectivity index (χ0) is 24.9. The van der Waals surface area contributed by atoms with Gasteiger partial charge in [0.2, 0.25) is 0 Å². The number of carbonyl (C=O) groups excluding carboxylic acids is 1. The van der Waals surface area contributed by atoms with Crippen molar-refractivity contribution in [2.45, 2.75) is 49.0 Å². The van der Waals surface area contributed by atoms with Crippen molar-refractivity contribution in [1.82, 2.24) is 20.3 Å². The van der Waals surface area contributed by atoms with Gasteiger partial charge in [0.05, 0.1) is 29.2 Å². The summed E-state index contributed by atoms with van der Waals surface area (Å²) in [6.45, 7) is 1.34. The summed E-state index contributed by atoms with van der Waals surface area (Å²) < 4.78 is 29.1. The van der Waals surface area contributed by atoms with Crippen molar-refractivity contribution in [3.8, 4) is 5.75 Å². The number of pyridine rings is 3. The Morgan fingerprint density at radius 2 is 1.78 bits per heavy atom. The van der Waals surface area contributed by atoms with E-state index in [1.165, 1.54) is 49.3 Å². The molecule has 9 nitrogen and oxygen atoms in total. The van der Waals surface area contributed by atoms with Crippen LogP contribution in [0, 0.1) is 0 Å². The van der Waals surface area contributed by atoms with Crippen molar-refractivity contribution < 1.29 is 17.9 Å². The van der Waals surface area contributed by atoms with Crippen LogP contribution in [0.3, 0.4) is 0 Å². The molecule has 10 heteroatoms. The zero-order valence-electron chi connectivity index (χ0n) is 20.0. The number of hydrogen-bond acceptors (Lipinski definition) is 8. The van der Waals surface area contributed by atoms with Gasteiger partial charge in [0.1, 0.15) is 6.61 Å². The summed E-state index contributed by atoms with van der Waals surface area (Å²) in [7, 11) is -3.31. The molecule has 3 aromatic rings. The van der Waals surface area contributed by atoms with Gasteiger partial charge in [0.15, 0.2) is 21.4 Å². The third-order valence-electron chi connectivity index (χ3n) is 6.73. The third-order valence-corrected chi connectivity index (χ3v) is 7.83. The van der Waals surface area contributed by atoms with Crippen LogP contribution in [0.5, 0.6) is 5.75 Å². The molecule has 3 aromatic heterocycles. The predicted molar refractivity (Wildman–Crippen MR) is 133 cm³/mol. The second-order valence-electron chi connectivity index (χ2n) is 9.71. The molecule has 1 amide bonds. The van der Waals surface area contributed by atoms with Gasteiger partial charge in [-0.05, 0) is 56.0 Å². The average Bonchev–Trinajstić information content (AvgIpc) is 3.78. The summed E-state index contributed by atoms with van der Waals surface area (Å²) in [6, 6.07) is 9.15. The Hall–Kier alpha value is -3.53. The summed E-state index contributed by atoms with van der Waals surface area (Å²) in [5.41, 5.74) is 4.38. The van der Waals surface area contributed by atoms with E-state index in [-0.39, 0.29) is 17.3 Å². The zero-order valence-corrected chi connectivity index (χ0v) is 20.8. The topological polar surface area (TPSA) is 114 Å². The van der Waals surface area contributed by atoms with Crippen LogP contribution in [0.1, 0.15) is 65.0 Å². The Bertz CT molecular complexity index is 1400. The lowest BCUT2D eigenvalue weighted by atomic mass is 10.1. The van der Waals surface area contributed by atoms with Crippen LogP contribution in [0.15, 0.2) is 47.6 Å². The molecule has 3 aliphatic rings. The second-order valence-corrected chi connectivity index (χ2v) is 11.7. The first-order chi connectivity index (χ1) is 17.3. The number of nitrogens with zero attached hydrogens (tertiary/aromatic N) is 4. The maximum absolute atomic E-state index is 12.8. The van der Waals surface area contributed by atoms with Crippen molar-refractivity contribution in [3.63, 3.8) is 0 Å². The quantitative estimate of drug-likeness (QED) is 0.519. The summed E-state index contributed by atoms with van der Waals surface area (Å²) in [5, 5.41) is 2.81. The van der Waals surface area contributed by atoms with Crippen molar-refractivity contribution in [2.75, 3.05) is 24.3 Å². The first kappa shape index (κ1) is 22.9. The van der Waals surface area contributed by atoms with Crippen molar-refractivity contribution >= 4 is 27.2 Å². The van der Waals surface area contributed by atoms with E-state index >= 15 is 0 Å². The lowest BCUT2D eigenvalue weighted by molar-refractivity contribution is 0.0949. The maximum Gasteiger partial charge on any atom is 0.253 e. The Labute approximate surface area is 209 Å². The molecule has 2 saturated carbocycles. The number of anilines is 2. The Kier molecular flexibility index (Phi) is 5.63. The van der Waals surface area contributed by atoms with Crippen LogP contribution in [0.2, 0.25) is 0 Å². The molecule has 1 aliphatic heterocycles. The van der Waals surface area contributed by atoms with Crippen molar-refractivity contribution in [2.24, 2.45) is 0 Å². The molecule has 1 N–H and O–H groups in total. The van der Waals surface area contributed by atoms with Gasteiger partial charge in [0, 0.05) is 47.6 Å². The lowest BCUT2D eigenvalue weighted by Gasteiger charge is -2.30. The molecule has 186 valence electrons. The molecular weight excluding hydrogens is 478 g/mol. The molecule has 2 aliphatic carbocycles. The van der Waals surface area contributed by atoms with Crippen molar-refractivity contribution in [3.05, 3.63) is 65.4 Å². The van der Waals surface area contributed by atoms with Crippen LogP contribution < -0.4 is 15.0 Å². The van der Waals surface area contributed by atoms with E-state index in [1.807, 2.05) is 0 Å². The molecule has 0 radical (unpaired) electrons. The van der Waals surface area contributed by atoms with Gasteiger partial charge in [-0.1, -0.05) is 0 Å². The highest BCUT2D eigenvalue weighted by molar-refractivity contribution is 7.90. The molecule has 0 unspecified atom stereocenters. The van der Waals surface area contributed by atoms with Gasteiger partial charge in [-0.2, -0.15) is 0 Å². The lowest BCUT2D eigenvalue weighted by Crippen LogP contribution is -2.30. The molecule has 4 heterocycles. The number of carbonyl (C=O) groups is 1. The molecule has 0 atom stereocenters. The average molecular weight is 506 g/mol. The minimum Gasteiger partial charge on any atom is -0.488 e. The molecule has 0 spiro atoms. The van der Waals surface area contributed by atoms with Crippen molar-refractivity contribution in [1.29, 1.82) is 0 Å². The number of aromatic nitrogens is 3. The standard InChI is InChI=1S/C26H27N5O4S/c1-36(33,34)21-7-6-19(27-15-21)14-29-26(32)18-10-24-25(28-13-18)31(8-9-35-24)20-11-22(16-2-3-16)30-23(12-20)17-4-5-17/h6-7,10-13,15-17H,2-5,8-9,14H2,1H3,(H,29,32). The molecule has 2 fully saturated rings. The van der Waals surface area contributed by atoms with Gasteiger partial charge >= 0.3 is 0 Å². The fraction of sp³-hybridized carbons (Fsp3) is 0.385. The highest BCUT2D eigenvalue weighted by Gasteiger charge is 2.32. The summed E-state index contributed by atoms with van der Waals surface area (Å²) >= 11 is 0. The monoisotopic (exact) mass is 505 g/mol. The normalized spacial score (nSPS) is 17.3. The van der Waals surface area contributed by atoms with E-state index in [0.29, 0.717) is 47.8 Å². The fourth-order valence-corrected chi connectivity index (χ4v) is 4.93. The van der Waals surface area contributed by atoms with Crippen LogP contribution >= 0.6 is 0 Å². The van der Waals surface area contributed by atoms with E-state index in [1.54, 1.807) is 18.3 Å². The highest BCUT2D eigenvalue weighted by Crippen LogP contribution is 2.46. The van der Waals surface area contributed by atoms with E-state index in [4.69, 9.17) is 9.72 Å². The largest absolute Gasteiger partial charge is 0.488 e. The maximum atomic E-state index is 12.8. The first-order valence-electron chi connectivity index (χ1n) is 12.2. The number of rotatable bonds is 7. The number of hydrogen-bond donors (Lipinski definition) is 1. The first-order valence-corrected chi connectivity index (χ1v) is 14.1. The second kappa shape index (κ2) is 8.85. The Balaban J connectivity index is 1.19. The number of sulfone groups is 1. The number of amides is 1. The SMILES string of the molecule is CS(=O)(=O)c1ccc(CNC(=O)c2cnc3c(c2)OCCN3c2cc(C3CC3)nc(C3CC3)c2)nc1.